The lowest BCUT2D eigenvalue weighted by molar-refractivity contribution is 0.524. The first-order chi connectivity index (χ1) is 7.24. The molecule has 0 bridgehead atoms. The van der Waals surface area contributed by atoms with Gasteiger partial charge in [0.15, 0.2) is 0 Å². The van der Waals surface area contributed by atoms with Gasteiger partial charge in [0.05, 0.1) is 4.75 Å². The van der Waals surface area contributed by atoms with E-state index in [0.29, 0.717) is 5.88 Å². The van der Waals surface area contributed by atoms with Gasteiger partial charge < -0.3 is 0 Å². The van der Waals surface area contributed by atoms with Crippen molar-refractivity contribution < 1.29 is 8.42 Å². The standard InChI is InChI=1S/C11H22ClNO2S/c1-5-10(8-6-7-9-12)13-16(14,15)11(2,3)4/h5,10,13H,1,6-9H2,2-4H3. The summed E-state index contributed by atoms with van der Waals surface area (Å²) in [6.45, 7) is 8.67. The smallest absolute Gasteiger partial charge is 0.212 e. The Kier molecular flexibility index (Phi) is 6.60. The van der Waals surface area contributed by atoms with Gasteiger partial charge in [-0.3, -0.25) is 0 Å². The molecule has 0 aliphatic carbocycles. The summed E-state index contributed by atoms with van der Waals surface area (Å²) in [6, 6.07) is -0.201. The van der Waals surface area contributed by atoms with Crippen molar-refractivity contribution >= 4 is 21.6 Å². The third-order valence-corrected chi connectivity index (χ3v) is 4.79. The fourth-order valence-corrected chi connectivity index (χ4v) is 2.21. The number of hydrogen-bond acceptors (Lipinski definition) is 2. The van der Waals surface area contributed by atoms with Gasteiger partial charge in [-0.2, -0.15) is 0 Å². The fraction of sp³-hybridized carbons (Fsp3) is 0.818. The summed E-state index contributed by atoms with van der Waals surface area (Å²) >= 11 is 5.57. The van der Waals surface area contributed by atoms with Gasteiger partial charge in [0.1, 0.15) is 0 Å². The molecule has 0 heterocycles. The van der Waals surface area contributed by atoms with Crippen LogP contribution < -0.4 is 4.72 Å². The van der Waals surface area contributed by atoms with Crippen molar-refractivity contribution in [2.24, 2.45) is 0 Å². The van der Waals surface area contributed by atoms with Crippen LogP contribution in [-0.4, -0.2) is 25.1 Å². The Morgan fingerprint density at radius 1 is 1.38 bits per heavy atom. The Morgan fingerprint density at radius 2 is 1.94 bits per heavy atom. The summed E-state index contributed by atoms with van der Waals surface area (Å²) in [7, 11) is -3.30. The Bertz CT molecular complexity index is 306. The monoisotopic (exact) mass is 267 g/mol. The second kappa shape index (κ2) is 6.62. The number of alkyl halides is 1. The van der Waals surface area contributed by atoms with Crippen LogP contribution in [0.4, 0.5) is 0 Å². The molecule has 1 unspecified atom stereocenters. The average molecular weight is 268 g/mol. The van der Waals surface area contributed by atoms with Crippen LogP contribution in [0.3, 0.4) is 0 Å². The molecule has 0 aromatic carbocycles. The average Bonchev–Trinajstić information content (AvgIpc) is 2.14. The predicted octanol–water partition coefficient (Wildman–Crippen LogP) is 2.67. The van der Waals surface area contributed by atoms with Gasteiger partial charge in [0.2, 0.25) is 10.0 Å². The summed E-state index contributed by atoms with van der Waals surface area (Å²) in [5.74, 6) is 0.607. The zero-order valence-corrected chi connectivity index (χ0v) is 11.9. The molecule has 0 aliphatic rings. The van der Waals surface area contributed by atoms with Gasteiger partial charge in [-0.15, -0.1) is 18.2 Å². The molecular weight excluding hydrogens is 246 g/mol. The van der Waals surface area contributed by atoms with Gasteiger partial charge in [-0.1, -0.05) is 12.5 Å². The number of hydrogen-bond donors (Lipinski definition) is 1. The molecule has 0 aliphatic heterocycles. The summed E-state index contributed by atoms with van der Waals surface area (Å²) in [5, 5.41) is 0. The van der Waals surface area contributed by atoms with E-state index < -0.39 is 14.8 Å². The van der Waals surface area contributed by atoms with E-state index in [4.69, 9.17) is 11.6 Å². The molecule has 0 amide bonds. The fourth-order valence-electron chi connectivity index (χ4n) is 1.06. The zero-order valence-electron chi connectivity index (χ0n) is 10.3. The number of unbranched alkanes of at least 4 members (excludes halogenated alkanes) is 1. The lowest BCUT2D eigenvalue weighted by atomic mass is 10.1. The molecule has 5 heteroatoms. The molecule has 0 saturated heterocycles. The largest absolute Gasteiger partial charge is 0.217 e. The number of nitrogens with one attached hydrogen (secondary N) is 1. The highest BCUT2D eigenvalue weighted by Crippen LogP contribution is 2.15. The molecule has 0 spiro atoms. The van der Waals surface area contributed by atoms with E-state index in [1.165, 1.54) is 0 Å². The topological polar surface area (TPSA) is 46.2 Å². The van der Waals surface area contributed by atoms with Gasteiger partial charge in [0.25, 0.3) is 0 Å². The first-order valence-electron chi connectivity index (χ1n) is 5.45. The SMILES string of the molecule is C=CC(CCCCCl)NS(=O)(=O)C(C)(C)C. The summed E-state index contributed by atoms with van der Waals surface area (Å²) in [4.78, 5) is 0. The van der Waals surface area contributed by atoms with Crippen molar-refractivity contribution in [3.8, 4) is 0 Å². The molecule has 0 aromatic rings. The van der Waals surface area contributed by atoms with Crippen LogP contribution in [-0.2, 0) is 10.0 Å². The van der Waals surface area contributed by atoms with Gasteiger partial charge >= 0.3 is 0 Å². The second-order valence-corrected chi connectivity index (χ2v) is 7.61. The van der Waals surface area contributed by atoms with E-state index >= 15 is 0 Å². The molecule has 0 aromatic heterocycles. The summed E-state index contributed by atoms with van der Waals surface area (Å²) in [6.07, 6.45) is 4.17. The minimum Gasteiger partial charge on any atom is -0.212 e. The van der Waals surface area contributed by atoms with E-state index in [9.17, 15) is 8.42 Å². The third kappa shape index (κ3) is 5.32. The van der Waals surface area contributed by atoms with E-state index in [1.807, 2.05) is 0 Å². The Hall–Kier alpha value is -0.0600. The van der Waals surface area contributed by atoms with E-state index in [-0.39, 0.29) is 6.04 Å². The van der Waals surface area contributed by atoms with Crippen molar-refractivity contribution in [3.63, 3.8) is 0 Å². The Labute approximate surface area is 104 Å². The van der Waals surface area contributed by atoms with Crippen LogP contribution in [0.2, 0.25) is 0 Å². The van der Waals surface area contributed by atoms with E-state index in [1.54, 1.807) is 26.8 Å². The predicted molar refractivity (Wildman–Crippen MR) is 70.4 cm³/mol. The van der Waals surface area contributed by atoms with Crippen LogP contribution in [0.5, 0.6) is 0 Å². The molecule has 1 N–H and O–H groups in total. The summed E-state index contributed by atoms with van der Waals surface area (Å²) in [5.41, 5.74) is 0. The van der Waals surface area contributed by atoms with Crippen molar-refractivity contribution in [1.82, 2.24) is 4.72 Å². The van der Waals surface area contributed by atoms with Crippen LogP contribution in [0.15, 0.2) is 12.7 Å². The minimum absolute atomic E-state index is 0.201. The maximum absolute atomic E-state index is 11.9. The molecule has 0 radical (unpaired) electrons. The minimum atomic E-state index is -3.30. The molecule has 0 saturated carbocycles. The highest BCUT2D eigenvalue weighted by molar-refractivity contribution is 7.90. The molecule has 16 heavy (non-hydrogen) atoms. The normalized spacial score (nSPS) is 14.8. The second-order valence-electron chi connectivity index (χ2n) is 4.76. The highest BCUT2D eigenvalue weighted by atomic mass is 35.5. The van der Waals surface area contributed by atoms with Crippen molar-refractivity contribution in [2.75, 3.05) is 5.88 Å². The molecule has 0 fully saturated rings. The van der Waals surface area contributed by atoms with E-state index in [0.717, 1.165) is 19.3 Å². The van der Waals surface area contributed by atoms with Crippen LogP contribution in [0.25, 0.3) is 0 Å². The molecule has 3 nitrogen and oxygen atoms in total. The highest BCUT2D eigenvalue weighted by Gasteiger charge is 2.30. The maximum atomic E-state index is 11.9. The first-order valence-corrected chi connectivity index (χ1v) is 7.47. The molecule has 0 rings (SSSR count). The van der Waals surface area contributed by atoms with Crippen molar-refractivity contribution in [2.45, 2.75) is 50.8 Å². The van der Waals surface area contributed by atoms with Gasteiger partial charge in [-0.05, 0) is 33.6 Å². The maximum Gasteiger partial charge on any atom is 0.217 e. The first kappa shape index (κ1) is 15.9. The molecule has 1 atom stereocenters. The number of rotatable bonds is 7. The van der Waals surface area contributed by atoms with E-state index in [2.05, 4.69) is 11.3 Å². The zero-order chi connectivity index (χ0) is 12.8. The molecular formula is C11H22ClNO2S. The Balaban J connectivity index is 4.38. The summed E-state index contributed by atoms with van der Waals surface area (Å²) < 4.78 is 25.6. The molecule has 96 valence electrons. The lowest BCUT2D eigenvalue weighted by Crippen LogP contribution is -2.43. The van der Waals surface area contributed by atoms with Gasteiger partial charge in [0, 0.05) is 11.9 Å². The van der Waals surface area contributed by atoms with Crippen molar-refractivity contribution in [3.05, 3.63) is 12.7 Å². The van der Waals surface area contributed by atoms with Crippen molar-refractivity contribution in [1.29, 1.82) is 0 Å². The van der Waals surface area contributed by atoms with Crippen LogP contribution >= 0.6 is 11.6 Å². The van der Waals surface area contributed by atoms with Gasteiger partial charge in [-0.25, -0.2) is 13.1 Å². The lowest BCUT2D eigenvalue weighted by Gasteiger charge is -2.23. The third-order valence-electron chi connectivity index (χ3n) is 2.30. The number of halogens is 1. The Morgan fingerprint density at radius 3 is 2.31 bits per heavy atom. The van der Waals surface area contributed by atoms with Crippen LogP contribution in [0.1, 0.15) is 40.0 Å². The van der Waals surface area contributed by atoms with Crippen LogP contribution in [0, 0.1) is 0 Å². The quantitative estimate of drug-likeness (QED) is 0.438. The number of sulfonamides is 1.